The number of aromatic nitrogens is 2. The van der Waals surface area contributed by atoms with Crippen molar-refractivity contribution in [3.8, 4) is 11.5 Å². The van der Waals surface area contributed by atoms with Crippen LogP contribution in [0.15, 0.2) is 77.2 Å². The Morgan fingerprint density at radius 1 is 0.943 bits per heavy atom. The number of hydrogen-bond acceptors (Lipinski definition) is 7. The van der Waals surface area contributed by atoms with Crippen LogP contribution in [0.2, 0.25) is 5.02 Å². The SMILES string of the molecule is O=[N+]([O-])c1ccc(N2CCN([C@@H](c3ccc(F)cc3)c3nnc(-c4ccccc4Cl)o3)CC2)cc1. The zero-order chi connectivity index (χ0) is 24.4. The molecule has 2 heterocycles. The Labute approximate surface area is 205 Å². The third-order valence-electron chi connectivity index (χ3n) is 6.07. The van der Waals surface area contributed by atoms with Gasteiger partial charge in [-0.2, -0.15) is 0 Å². The molecule has 0 amide bonds. The first-order valence-corrected chi connectivity index (χ1v) is 11.4. The summed E-state index contributed by atoms with van der Waals surface area (Å²) in [5.41, 5.74) is 2.47. The summed E-state index contributed by atoms with van der Waals surface area (Å²) in [7, 11) is 0. The van der Waals surface area contributed by atoms with E-state index in [-0.39, 0.29) is 17.5 Å². The largest absolute Gasteiger partial charge is 0.419 e. The van der Waals surface area contributed by atoms with E-state index >= 15 is 0 Å². The van der Waals surface area contributed by atoms with Gasteiger partial charge in [-0.05, 0) is 42.0 Å². The van der Waals surface area contributed by atoms with Crippen molar-refractivity contribution >= 4 is 23.0 Å². The molecule has 3 aromatic carbocycles. The average Bonchev–Trinajstić information content (AvgIpc) is 3.35. The van der Waals surface area contributed by atoms with Gasteiger partial charge in [0.25, 0.3) is 5.69 Å². The van der Waals surface area contributed by atoms with Gasteiger partial charge in [0.05, 0.1) is 15.5 Å². The second-order valence-electron chi connectivity index (χ2n) is 8.18. The van der Waals surface area contributed by atoms with Gasteiger partial charge in [0.15, 0.2) is 0 Å². The Bertz CT molecular complexity index is 1320. The van der Waals surface area contributed by atoms with Crippen LogP contribution in [0.3, 0.4) is 0 Å². The summed E-state index contributed by atoms with van der Waals surface area (Å²) in [6, 6.07) is 19.7. The quantitative estimate of drug-likeness (QED) is 0.264. The first kappa shape index (κ1) is 22.9. The molecule has 1 saturated heterocycles. The van der Waals surface area contributed by atoms with Gasteiger partial charge >= 0.3 is 0 Å². The summed E-state index contributed by atoms with van der Waals surface area (Å²) in [5, 5.41) is 20.0. The van der Waals surface area contributed by atoms with Gasteiger partial charge in [-0.3, -0.25) is 15.0 Å². The lowest BCUT2D eigenvalue weighted by Crippen LogP contribution is -2.48. The van der Waals surface area contributed by atoms with Gasteiger partial charge in [-0.25, -0.2) is 4.39 Å². The van der Waals surface area contributed by atoms with E-state index in [1.807, 2.05) is 18.2 Å². The zero-order valence-corrected chi connectivity index (χ0v) is 19.3. The lowest BCUT2D eigenvalue weighted by atomic mass is 10.0. The first-order valence-electron chi connectivity index (χ1n) is 11.1. The van der Waals surface area contributed by atoms with E-state index in [1.165, 1.54) is 24.3 Å². The molecule has 35 heavy (non-hydrogen) atoms. The van der Waals surface area contributed by atoms with E-state index in [0.717, 1.165) is 11.3 Å². The van der Waals surface area contributed by atoms with Crippen LogP contribution in [0, 0.1) is 15.9 Å². The highest BCUT2D eigenvalue weighted by molar-refractivity contribution is 6.33. The fourth-order valence-electron chi connectivity index (χ4n) is 4.27. The van der Waals surface area contributed by atoms with Crippen LogP contribution in [0.25, 0.3) is 11.5 Å². The van der Waals surface area contributed by atoms with Crippen LogP contribution in [0.1, 0.15) is 17.5 Å². The molecule has 1 fully saturated rings. The van der Waals surface area contributed by atoms with E-state index in [9.17, 15) is 14.5 Å². The minimum atomic E-state index is -0.406. The van der Waals surface area contributed by atoms with Gasteiger partial charge in [0, 0.05) is 44.0 Å². The van der Waals surface area contributed by atoms with Crippen LogP contribution >= 0.6 is 11.6 Å². The number of benzene rings is 3. The highest BCUT2D eigenvalue weighted by Gasteiger charge is 2.31. The van der Waals surface area contributed by atoms with Crippen molar-refractivity contribution in [1.29, 1.82) is 0 Å². The van der Waals surface area contributed by atoms with Crippen molar-refractivity contribution in [3.63, 3.8) is 0 Å². The second kappa shape index (κ2) is 9.81. The van der Waals surface area contributed by atoms with Gasteiger partial charge in [-0.15, -0.1) is 10.2 Å². The Balaban J connectivity index is 1.39. The van der Waals surface area contributed by atoms with Crippen molar-refractivity contribution in [2.24, 2.45) is 0 Å². The third kappa shape index (κ3) is 4.87. The molecule has 8 nitrogen and oxygen atoms in total. The molecule has 5 rings (SSSR count). The molecule has 0 spiro atoms. The van der Waals surface area contributed by atoms with Crippen LogP contribution in [0.4, 0.5) is 15.8 Å². The minimum absolute atomic E-state index is 0.0643. The van der Waals surface area contributed by atoms with E-state index in [4.69, 9.17) is 16.0 Å². The molecule has 0 radical (unpaired) electrons. The predicted octanol–water partition coefficient (Wildman–Crippen LogP) is 5.35. The van der Waals surface area contributed by atoms with Crippen LogP contribution in [-0.4, -0.2) is 46.2 Å². The molecule has 10 heteroatoms. The van der Waals surface area contributed by atoms with Crippen molar-refractivity contribution in [2.75, 3.05) is 31.1 Å². The summed E-state index contributed by atoms with van der Waals surface area (Å²) in [5.74, 6) is 0.398. The molecule has 0 saturated carbocycles. The van der Waals surface area contributed by atoms with Gasteiger partial charge in [0.1, 0.15) is 11.9 Å². The fraction of sp³-hybridized carbons (Fsp3) is 0.200. The van der Waals surface area contributed by atoms with E-state index < -0.39 is 4.92 Å². The molecule has 1 aromatic heterocycles. The van der Waals surface area contributed by atoms with Gasteiger partial charge in [-0.1, -0.05) is 35.9 Å². The minimum Gasteiger partial charge on any atom is -0.419 e. The number of hydrogen-bond donors (Lipinski definition) is 0. The molecule has 1 aliphatic rings. The molecule has 1 atom stereocenters. The molecular formula is C25H21ClFN5O3. The monoisotopic (exact) mass is 493 g/mol. The Morgan fingerprint density at radius 2 is 1.63 bits per heavy atom. The molecule has 178 valence electrons. The molecular weight excluding hydrogens is 473 g/mol. The normalized spacial score (nSPS) is 15.2. The lowest BCUT2D eigenvalue weighted by Gasteiger charge is -2.39. The van der Waals surface area contributed by atoms with E-state index in [1.54, 1.807) is 30.3 Å². The van der Waals surface area contributed by atoms with Crippen LogP contribution in [0.5, 0.6) is 0 Å². The summed E-state index contributed by atoms with van der Waals surface area (Å²) in [6.07, 6.45) is 0. The summed E-state index contributed by atoms with van der Waals surface area (Å²) in [6.45, 7) is 2.73. The Morgan fingerprint density at radius 3 is 2.29 bits per heavy atom. The van der Waals surface area contributed by atoms with Gasteiger partial charge in [0.2, 0.25) is 11.8 Å². The lowest BCUT2D eigenvalue weighted by molar-refractivity contribution is -0.384. The number of anilines is 1. The molecule has 0 unspecified atom stereocenters. The van der Waals surface area contributed by atoms with Crippen LogP contribution < -0.4 is 4.90 Å². The van der Waals surface area contributed by atoms with E-state index in [2.05, 4.69) is 20.0 Å². The molecule has 0 aliphatic carbocycles. The molecule has 0 N–H and O–H groups in total. The number of nitro benzene ring substituents is 1. The number of nitro groups is 1. The maximum Gasteiger partial charge on any atom is 0.269 e. The van der Waals surface area contributed by atoms with Gasteiger partial charge < -0.3 is 9.32 Å². The summed E-state index contributed by atoms with van der Waals surface area (Å²) < 4.78 is 19.7. The number of halogens is 2. The number of piperazine rings is 1. The topological polar surface area (TPSA) is 88.5 Å². The number of rotatable bonds is 6. The highest BCUT2D eigenvalue weighted by atomic mass is 35.5. The maximum absolute atomic E-state index is 13.7. The van der Waals surface area contributed by atoms with Crippen LogP contribution in [-0.2, 0) is 0 Å². The van der Waals surface area contributed by atoms with Crippen molar-refractivity contribution in [1.82, 2.24) is 15.1 Å². The Kier molecular flexibility index (Phi) is 6.43. The smallest absolute Gasteiger partial charge is 0.269 e. The highest BCUT2D eigenvalue weighted by Crippen LogP contribution is 2.33. The molecule has 4 aromatic rings. The molecule has 1 aliphatic heterocycles. The number of non-ortho nitro benzene ring substituents is 1. The fourth-order valence-corrected chi connectivity index (χ4v) is 4.48. The zero-order valence-electron chi connectivity index (χ0n) is 18.6. The molecule has 0 bridgehead atoms. The average molecular weight is 494 g/mol. The van der Waals surface area contributed by atoms with Crippen molar-refractivity contribution in [3.05, 3.63) is 105 Å². The van der Waals surface area contributed by atoms with Crippen molar-refractivity contribution in [2.45, 2.75) is 6.04 Å². The van der Waals surface area contributed by atoms with Crippen molar-refractivity contribution < 1.29 is 13.7 Å². The van der Waals surface area contributed by atoms with E-state index in [0.29, 0.717) is 48.5 Å². The summed E-state index contributed by atoms with van der Waals surface area (Å²) in [4.78, 5) is 14.9. The standard InChI is InChI=1S/C25H21ClFN5O3/c26-22-4-2-1-3-21(22)24-28-29-25(35-24)23(17-5-7-18(27)8-6-17)31-15-13-30(14-16-31)19-9-11-20(12-10-19)32(33)34/h1-12,23H,13-16H2/t23-/m0/s1. The second-order valence-corrected chi connectivity index (χ2v) is 8.58. The Hall–Kier alpha value is -3.82. The third-order valence-corrected chi connectivity index (χ3v) is 6.40. The first-order chi connectivity index (χ1) is 17.0. The summed E-state index contributed by atoms with van der Waals surface area (Å²) >= 11 is 6.31. The predicted molar refractivity (Wildman–Crippen MR) is 130 cm³/mol. The number of nitrogens with zero attached hydrogens (tertiary/aromatic N) is 5. The maximum atomic E-state index is 13.7.